The van der Waals surface area contributed by atoms with Gasteiger partial charge in [0.05, 0.1) is 0 Å². The van der Waals surface area contributed by atoms with Crippen LogP contribution in [0.5, 0.6) is 0 Å². The van der Waals surface area contributed by atoms with Gasteiger partial charge in [-0.2, -0.15) is 0 Å². The SMILES string of the molecule is CCCNC(CCOCC(F)F)Cc1cccnc1N. The molecule has 0 aliphatic heterocycles. The van der Waals surface area contributed by atoms with Crippen molar-refractivity contribution in [2.75, 3.05) is 25.5 Å². The Kier molecular flexibility index (Phi) is 8.06. The molecule has 1 aromatic heterocycles. The molecule has 0 spiro atoms. The van der Waals surface area contributed by atoms with E-state index in [9.17, 15) is 8.78 Å². The van der Waals surface area contributed by atoms with Crippen LogP contribution in [0.4, 0.5) is 14.6 Å². The van der Waals surface area contributed by atoms with Crippen LogP contribution in [0, 0.1) is 0 Å². The quantitative estimate of drug-likeness (QED) is 0.648. The molecular weight excluding hydrogens is 264 g/mol. The van der Waals surface area contributed by atoms with Crippen LogP contribution in [0.25, 0.3) is 0 Å². The number of pyridine rings is 1. The van der Waals surface area contributed by atoms with Crippen LogP contribution in [-0.2, 0) is 11.2 Å². The standard InChI is InChI=1S/C14H23F2N3O/c1-2-6-18-12(5-8-20-10-13(15)16)9-11-4-3-7-19-14(11)17/h3-4,7,12-13,18H,2,5-6,8-10H2,1H3,(H2,17,19). The molecule has 1 aromatic rings. The van der Waals surface area contributed by atoms with E-state index in [2.05, 4.69) is 17.2 Å². The van der Waals surface area contributed by atoms with E-state index < -0.39 is 13.0 Å². The number of anilines is 1. The third-order valence-corrected chi connectivity index (χ3v) is 2.93. The fourth-order valence-corrected chi connectivity index (χ4v) is 1.91. The average molecular weight is 287 g/mol. The summed E-state index contributed by atoms with van der Waals surface area (Å²) in [5.41, 5.74) is 6.79. The average Bonchev–Trinajstić information content (AvgIpc) is 2.42. The van der Waals surface area contributed by atoms with Crippen molar-refractivity contribution in [3.63, 3.8) is 0 Å². The van der Waals surface area contributed by atoms with Crippen molar-refractivity contribution in [3.05, 3.63) is 23.9 Å². The van der Waals surface area contributed by atoms with Gasteiger partial charge in [0.1, 0.15) is 12.4 Å². The predicted molar refractivity (Wildman–Crippen MR) is 75.9 cm³/mol. The minimum atomic E-state index is -2.41. The number of nitrogens with one attached hydrogen (secondary N) is 1. The molecule has 20 heavy (non-hydrogen) atoms. The van der Waals surface area contributed by atoms with Gasteiger partial charge in [-0.25, -0.2) is 13.8 Å². The zero-order valence-corrected chi connectivity index (χ0v) is 11.8. The van der Waals surface area contributed by atoms with Crippen molar-refractivity contribution in [1.82, 2.24) is 10.3 Å². The van der Waals surface area contributed by atoms with Crippen LogP contribution in [0.15, 0.2) is 18.3 Å². The maximum atomic E-state index is 12.0. The third kappa shape index (κ3) is 6.77. The molecule has 0 aromatic carbocycles. The van der Waals surface area contributed by atoms with Gasteiger partial charge in [-0.15, -0.1) is 0 Å². The lowest BCUT2D eigenvalue weighted by Crippen LogP contribution is -2.33. The van der Waals surface area contributed by atoms with E-state index in [0.717, 1.165) is 24.9 Å². The minimum absolute atomic E-state index is 0.152. The van der Waals surface area contributed by atoms with Crippen molar-refractivity contribution in [3.8, 4) is 0 Å². The highest BCUT2D eigenvalue weighted by Gasteiger charge is 2.12. The van der Waals surface area contributed by atoms with Gasteiger partial charge >= 0.3 is 0 Å². The van der Waals surface area contributed by atoms with E-state index in [1.807, 2.05) is 12.1 Å². The van der Waals surface area contributed by atoms with Crippen molar-refractivity contribution in [2.24, 2.45) is 0 Å². The largest absolute Gasteiger partial charge is 0.383 e. The Hall–Kier alpha value is -1.27. The number of aromatic nitrogens is 1. The van der Waals surface area contributed by atoms with Gasteiger partial charge in [-0.3, -0.25) is 0 Å². The molecule has 0 radical (unpaired) electrons. The zero-order valence-electron chi connectivity index (χ0n) is 11.8. The molecule has 6 heteroatoms. The second-order valence-corrected chi connectivity index (χ2v) is 4.66. The molecule has 0 aliphatic rings. The Morgan fingerprint density at radius 3 is 2.90 bits per heavy atom. The summed E-state index contributed by atoms with van der Waals surface area (Å²) in [4.78, 5) is 4.05. The first-order valence-corrected chi connectivity index (χ1v) is 6.92. The van der Waals surface area contributed by atoms with Crippen LogP contribution in [0.3, 0.4) is 0 Å². The zero-order chi connectivity index (χ0) is 14.8. The minimum Gasteiger partial charge on any atom is -0.383 e. The molecule has 4 nitrogen and oxygen atoms in total. The topological polar surface area (TPSA) is 60.2 Å². The van der Waals surface area contributed by atoms with E-state index in [0.29, 0.717) is 18.8 Å². The molecule has 1 unspecified atom stereocenters. The van der Waals surface area contributed by atoms with E-state index in [1.165, 1.54) is 0 Å². The van der Waals surface area contributed by atoms with E-state index in [1.54, 1.807) is 6.20 Å². The highest BCUT2D eigenvalue weighted by molar-refractivity contribution is 5.38. The third-order valence-electron chi connectivity index (χ3n) is 2.93. The van der Waals surface area contributed by atoms with Crippen LogP contribution in [0.2, 0.25) is 0 Å². The summed E-state index contributed by atoms with van der Waals surface area (Å²) in [5, 5.41) is 3.38. The van der Waals surface area contributed by atoms with Crippen LogP contribution >= 0.6 is 0 Å². The Morgan fingerprint density at radius 2 is 2.25 bits per heavy atom. The van der Waals surface area contributed by atoms with Gasteiger partial charge in [-0.05, 0) is 37.4 Å². The van der Waals surface area contributed by atoms with Crippen molar-refractivity contribution >= 4 is 5.82 Å². The molecule has 0 aliphatic carbocycles. The first kappa shape index (κ1) is 16.8. The van der Waals surface area contributed by atoms with E-state index >= 15 is 0 Å². The molecule has 3 N–H and O–H groups in total. The Morgan fingerprint density at radius 1 is 1.45 bits per heavy atom. The van der Waals surface area contributed by atoms with Crippen LogP contribution in [0.1, 0.15) is 25.3 Å². The molecule has 0 saturated carbocycles. The fraction of sp³-hybridized carbons (Fsp3) is 0.643. The number of nitrogens with zero attached hydrogens (tertiary/aromatic N) is 1. The summed E-state index contributed by atoms with van der Waals surface area (Å²) < 4.78 is 28.9. The summed E-state index contributed by atoms with van der Waals surface area (Å²) >= 11 is 0. The number of nitrogen functional groups attached to an aromatic ring is 1. The van der Waals surface area contributed by atoms with Gasteiger partial charge in [0.25, 0.3) is 6.43 Å². The molecule has 114 valence electrons. The monoisotopic (exact) mass is 287 g/mol. The number of rotatable bonds is 10. The normalized spacial score (nSPS) is 12.8. The van der Waals surface area contributed by atoms with E-state index in [-0.39, 0.29) is 6.04 Å². The second kappa shape index (κ2) is 9.61. The smallest absolute Gasteiger partial charge is 0.261 e. The van der Waals surface area contributed by atoms with Crippen molar-refractivity contribution < 1.29 is 13.5 Å². The molecule has 0 fully saturated rings. The van der Waals surface area contributed by atoms with Crippen LogP contribution < -0.4 is 11.1 Å². The number of hydrogen-bond acceptors (Lipinski definition) is 4. The number of ether oxygens (including phenoxy) is 1. The van der Waals surface area contributed by atoms with Gasteiger partial charge < -0.3 is 15.8 Å². The van der Waals surface area contributed by atoms with Gasteiger partial charge in [0.2, 0.25) is 0 Å². The fourth-order valence-electron chi connectivity index (χ4n) is 1.91. The molecule has 1 rings (SSSR count). The summed E-state index contributed by atoms with van der Waals surface area (Å²) in [6.07, 6.45) is 1.64. The lowest BCUT2D eigenvalue weighted by molar-refractivity contribution is 0.0144. The predicted octanol–water partition coefficient (Wildman–Crippen LogP) is 2.25. The number of alkyl halides is 2. The molecule has 0 bridgehead atoms. The molecule has 1 heterocycles. The molecule has 0 saturated heterocycles. The Balaban J connectivity index is 2.45. The summed E-state index contributed by atoms with van der Waals surface area (Å²) in [6, 6.07) is 3.93. The number of hydrogen-bond donors (Lipinski definition) is 2. The summed E-state index contributed by atoms with van der Waals surface area (Å²) in [5.74, 6) is 0.518. The van der Waals surface area contributed by atoms with Gasteiger partial charge in [0, 0.05) is 18.8 Å². The number of halogens is 2. The molecular formula is C14H23F2N3O. The maximum absolute atomic E-state index is 12.0. The highest BCUT2D eigenvalue weighted by atomic mass is 19.3. The van der Waals surface area contributed by atoms with E-state index in [4.69, 9.17) is 10.5 Å². The molecule has 1 atom stereocenters. The van der Waals surface area contributed by atoms with Crippen molar-refractivity contribution in [1.29, 1.82) is 0 Å². The Labute approximate surface area is 118 Å². The highest BCUT2D eigenvalue weighted by Crippen LogP contribution is 2.12. The Bertz CT molecular complexity index is 377. The first-order valence-electron chi connectivity index (χ1n) is 6.92. The maximum Gasteiger partial charge on any atom is 0.261 e. The van der Waals surface area contributed by atoms with Crippen molar-refractivity contribution in [2.45, 2.75) is 38.7 Å². The van der Waals surface area contributed by atoms with Gasteiger partial charge in [0.15, 0.2) is 0 Å². The van der Waals surface area contributed by atoms with Gasteiger partial charge in [-0.1, -0.05) is 13.0 Å². The number of nitrogens with two attached hydrogens (primary N) is 1. The van der Waals surface area contributed by atoms with Crippen LogP contribution in [-0.4, -0.2) is 37.2 Å². The molecule has 0 amide bonds. The summed E-state index contributed by atoms with van der Waals surface area (Å²) in [6.45, 7) is 2.76. The first-order chi connectivity index (χ1) is 9.63. The lowest BCUT2D eigenvalue weighted by Gasteiger charge is -2.19. The lowest BCUT2D eigenvalue weighted by atomic mass is 10.0. The summed E-state index contributed by atoms with van der Waals surface area (Å²) in [7, 11) is 0. The second-order valence-electron chi connectivity index (χ2n) is 4.66.